The van der Waals surface area contributed by atoms with Gasteiger partial charge in [-0.25, -0.2) is 5.01 Å². The Bertz CT molecular complexity index is 366. The zero-order chi connectivity index (χ0) is 10.1. The van der Waals surface area contributed by atoms with E-state index in [2.05, 4.69) is 26.5 Å². The maximum atomic E-state index is 4.42. The molecule has 0 spiro atoms. The summed E-state index contributed by atoms with van der Waals surface area (Å²) in [6, 6.07) is 2.21. The van der Waals surface area contributed by atoms with Gasteiger partial charge in [-0.1, -0.05) is 6.42 Å². The van der Waals surface area contributed by atoms with Crippen molar-refractivity contribution in [2.24, 2.45) is 4.99 Å². The van der Waals surface area contributed by atoms with Crippen LogP contribution in [0.15, 0.2) is 16.4 Å². The molecule has 0 radical (unpaired) electrons. The lowest BCUT2D eigenvalue weighted by atomic mass is 10.1. The number of anilines is 1. The molecule has 0 N–H and O–H groups in total. The van der Waals surface area contributed by atoms with E-state index in [1.54, 1.807) is 11.3 Å². The molecule has 0 saturated carbocycles. The number of fused-ring (bicyclic) bond motifs is 1. The molecule has 0 bridgehead atoms. The van der Waals surface area contributed by atoms with Crippen LogP contribution in [0.5, 0.6) is 0 Å². The number of piperidine rings is 1. The molecule has 80 valence electrons. The van der Waals surface area contributed by atoms with E-state index in [9.17, 15) is 0 Å². The first-order valence-corrected chi connectivity index (χ1v) is 6.43. The molecule has 1 fully saturated rings. The molecule has 2 aliphatic heterocycles. The van der Waals surface area contributed by atoms with Gasteiger partial charge in [0.15, 0.2) is 0 Å². The second kappa shape index (κ2) is 3.94. The molecular weight excluding hydrogens is 206 g/mol. The van der Waals surface area contributed by atoms with E-state index in [4.69, 9.17) is 0 Å². The average molecular weight is 221 g/mol. The maximum absolute atomic E-state index is 4.42. The lowest BCUT2D eigenvalue weighted by Crippen LogP contribution is -2.46. The molecule has 0 unspecified atom stereocenters. The number of hydrogen-bond acceptors (Lipinski definition) is 4. The SMILES string of the molecule is C1=NCN(N2CCCCC2)c2ccsc21. The van der Waals surface area contributed by atoms with Gasteiger partial charge in [0.2, 0.25) is 0 Å². The van der Waals surface area contributed by atoms with E-state index in [0.29, 0.717) is 0 Å². The normalized spacial score (nSPS) is 21.7. The quantitative estimate of drug-likeness (QED) is 0.725. The Morgan fingerprint density at radius 3 is 2.93 bits per heavy atom. The van der Waals surface area contributed by atoms with Gasteiger partial charge in [-0.05, 0) is 24.3 Å². The predicted molar refractivity (Wildman–Crippen MR) is 64.7 cm³/mol. The third-order valence-corrected chi connectivity index (χ3v) is 3.89. The minimum Gasteiger partial charge on any atom is -0.283 e. The van der Waals surface area contributed by atoms with Gasteiger partial charge in [0.25, 0.3) is 0 Å². The predicted octanol–water partition coefficient (Wildman–Crippen LogP) is 2.35. The summed E-state index contributed by atoms with van der Waals surface area (Å²) in [6.45, 7) is 3.17. The van der Waals surface area contributed by atoms with Crippen molar-refractivity contribution in [1.29, 1.82) is 0 Å². The lowest BCUT2D eigenvalue weighted by Gasteiger charge is -2.38. The molecule has 0 atom stereocenters. The Balaban J connectivity index is 1.85. The standard InChI is InChI=1S/C11H15N3S/c1-2-5-13(6-3-1)14-9-12-8-11-10(14)4-7-15-11/h4,7-8H,1-3,5-6,9H2. The van der Waals surface area contributed by atoms with Gasteiger partial charge in [-0.2, -0.15) is 0 Å². The number of rotatable bonds is 1. The largest absolute Gasteiger partial charge is 0.283 e. The van der Waals surface area contributed by atoms with Crippen molar-refractivity contribution in [3.05, 3.63) is 16.3 Å². The molecule has 0 amide bonds. The fourth-order valence-electron chi connectivity index (χ4n) is 2.26. The average Bonchev–Trinajstić information content (AvgIpc) is 2.78. The molecule has 1 aromatic rings. The second-order valence-electron chi connectivity index (χ2n) is 4.04. The van der Waals surface area contributed by atoms with Gasteiger partial charge in [-0.3, -0.25) is 10.0 Å². The minimum absolute atomic E-state index is 0.795. The van der Waals surface area contributed by atoms with Gasteiger partial charge in [-0.15, -0.1) is 11.3 Å². The highest BCUT2D eigenvalue weighted by atomic mass is 32.1. The lowest BCUT2D eigenvalue weighted by molar-refractivity contribution is 0.209. The Morgan fingerprint density at radius 2 is 2.07 bits per heavy atom. The van der Waals surface area contributed by atoms with Crippen molar-refractivity contribution < 1.29 is 0 Å². The zero-order valence-corrected chi connectivity index (χ0v) is 9.54. The fourth-order valence-corrected chi connectivity index (χ4v) is 3.03. The van der Waals surface area contributed by atoms with Crippen LogP contribution >= 0.6 is 11.3 Å². The molecule has 3 nitrogen and oxygen atoms in total. The van der Waals surface area contributed by atoms with Crippen LogP contribution < -0.4 is 5.01 Å². The topological polar surface area (TPSA) is 18.8 Å². The van der Waals surface area contributed by atoms with Crippen molar-refractivity contribution in [3.8, 4) is 0 Å². The first kappa shape index (κ1) is 9.36. The number of aliphatic imine (C=N–C) groups is 1. The summed E-state index contributed by atoms with van der Waals surface area (Å²) in [5.41, 5.74) is 1.34. The Hall–Kier alpha value is -0.870. The van der Waals surface area contributed by atoms with Gasteiger partial charge >= 0.3 is 0 Å². The first-order chi connectivity index (χ1) is 7.45. The van der Waals surface area contributed by atoms with Crippen LogP contribution in [0.3, 0.4) is 0 Å². The fraction of sp³-hybridized carbons (Fsp3) is 0.545. The van der Waals surface area contributed by atoms with Gasteiger partial charge in [0.05, 0.1) is 10.6 Å². The van der Waals surface area contributed by atoms with Gasteiger partial charge < -0.3 is 0 Å². The third kappa shape index (κ3) is 1.68. The maximum Gasteiger partial charge on any atom is 0.125 e. The van der Waals surface area contributed by atoms with Gasteiger partial charge in [0.1, 0.15) is 6.67 Å². The molecule has 15 heavy (non-hydrogen) atoms. The summed E-state index contributed by atoms with van der Waals surface area (Å²) in [7, 11) is 0. The van der Waals surface area contributed by atoms with Crippen LogP contribution in [0, 0.1) is 0 Å². The highest BCUT2D eigenvalue weighted by Gasteiger charge is 2.22. The van der Waals surface area contributed by atoms with Crippen molar-refractivity contribution in [3.63, 3.8) is 0 Å². The zero-order valence-electron chi connectivity index (χ0n) is 8.72. The molecule has 1 saturated heterocycles. The summed E-state index contributed by atoms with van der Waals surface area (Å²) < 4.78 is 0. The second-order valence-corrected chi connectivity index (χ2v) is 4.98. The van der Waals surface area contributed by atoms with Crippen LogP contribution in [0.1, 0.15) is 24.1 Å². The molecule has 2 aliphatic rings. The van der Waals surface area contributed by atoms with Crippen LogP contribution in [0.25, 0.3) is 0 Å². The van der Waals surface area contributed by atoms with Gasteiger partial charge in [0, 0.05) is 19.3 Å². The Labute approximate surface area is 94.0 Å². The number of hydrazine groups is 1. The molecule has 0 aromatic carbocycles. The Morgan fingerprint density at radius 1 is 1.20 bits per heavy atom. The minimum atomic E-state index is 0.795. The van der Waals surface area contributed by atoms with E-state index in [0.717, 1.165) is 6.67 Å². The van der Waals surface area contributed by atoms with E-state index in [1.165, 1.54) is 42.9 Å². The molecule has 3 rings (SSSR count). The van der Waals surface area contributed by atoms with Crippen molar-refractivity contribution in [2.45, 2.75) is 19.3 Å². The Kier molecular flexibility index (Phi) is 2.46. The molecule has 0 aliphatic carbocycles. The van der Waals surface area contributed by atoms with Crippen molar-refractivity contribution >= 4 is 23.2 Å². The smallest absolute Gasteiger partial charge is 0.125 e. The summed E-state index contributed by atoms with van der Waals surface area (Å²) >= 11 is 1.78. The third-order valence-electron chi connectivity index (χ3n) is 3.05. The highest BCUT2D eigenvalue weighted by Crippen LogP contribution is 2.29. The van der Waals surface area contributed by atoms with Crippen LogP contribution in [-0.4, -0.2) is 31.0 Å². The summed E-state index contributed by atoms with van der Waals surface area (Å²) in [5, 5.41) is 6.94. The first-order valence-electron chi connectivity index (χ1n) is 5.55. The molecule has 4 heteroatoms. The number of hydrogen-bond donors (Lipinski definition) is 0. The van der Waals surface area contributed by atoms with Crippen molar-refractivity contribution in [2.75, 3.05) is 24.8 Å². The van der Waals surface area contributed by atoms with E-state index >= 15 is 0 Å². The van der Waals surface area contributed by atoms with Crippen LogP contribution in [0.4, 0.5) is 5.69 Å². The van der Waals surface area contributed by atoms with E-state index in [1.807, 2.05) is 6.21 Å². The summed E-state index contributed by atoms with van der Waals surface area (Å²) in [5.74, 6) is 0. The molecule has 3 heterocycles. The van der Waals surface area contributed by atoms with Crippen LogP contribution in [0.2, 0.25) is 0 Å². The van der Waals surface area contributed by atoms with E-state index in [-0.39, 0.29) is 0 Å². The molecular formula is C11H15N3S. The summed E-state index contributed by atoms with van der Waals surface area (Å²) in [4.78, 5) is 5.71. The monoisotopic (exact) mass is 221 g/mol. The molecule has 1 aromatic heterocycles. The van der Waals surface area contributed by atoms with Crippen molar-refractivity contribution in [1.82, 2.24) is 5.01 Å². The van der Waals surface area contributed by atoms with Crippen LogP contribution in [-0.2, 0) is 0 Å². The number of nitrogens with zero attached hydrogens (tertiary/aromatic N) is 3. The van der Waals surface area contributed by atoms with E-state index < -0.39 is 0 Å². The summed E-state index contributed by atoms with van der Waals surface area (Å²) in [6.07, 6.45) is 6.02. The number of thiophene rings is 1. The highest BCUT2D eigenvalue weighted by molar-refractivity contribution is 7.12.